The summed E-state index contributed by atoms with van der Waals surface area (Å²) >= 11 is 0. The summed E-state index contributed by atoms with van der Waals surface area (Å²) in [5.74, 6) is 0.554. The number of hydrogen-bond donors (Lipinski definition) is 6. The second-order valence-corrected chi connectivity index (χ2v) is 18.2. The summed E-state index contributed by atoms with van der Waals surface area (Å²) in [7, 11) is 0. The summed E-state index contributed by atoms with van der Waals surface area (Å²) in [6, 6.07) is 0. The number of fused-ring (bicyclic) bond motifs is 2. The Balaban J connectivity index is 1.15. The third-order valence-corrected chi connectivity index (χ3v) is 15.6. The Kier molecular flexibility index (Phi) is 7.04. The van der Waals surface area contributed by atoms with Crippen molar-refractivity contribution < 1.29 is 44.8 Å². The molecule has 0 aromatic rings. The molecule has 0 bridgehead atoms. The first-order valence-corrected chi connectivity index (χ1v) is 17.4. The third-order valence-electron chi connectivity index (χ3n) is 15.6. The Hall–Kier alpha value is -0.360. The van der Waals surface area contributed by atoms with Crippen molar-refractivity contribution in [1.82, 2.24) is 0 Å². The van der Waals surface area contributed by atoms with Crippen molar-refractivity contribution in [1.29, 1.82) is 0 Å². The van der Waals surface area contributed by atoms with E-state index in [2.05, 4.69) is 34.6 Å². The summed E-state index contributed by atoms with van der Waals surface area (Å²) in [5.41, 5.74) is -2.43. The first-order valence-electron chi connectivity index (χ1n) is 17.4. The molecule has 9 nitrogen and oxygen atoms in total. The van der Waals surface area contributed by atoms with Gasteiger partial charge in [-0.2, -0.15) is 0 Å². The Bertz CT molecular complexity index is 1160. The number of rotatable bonds is 4. The number of aliphatic hydroxyl groups excluding tert-OH is 5. The minimum Gasteiger partial charge on any atom is -0.393 e. The lowest BCUT2D eigenvalue weighted by molar-refractivity contribution is -0.303. The van der Waals surface area contributed by atoms with E-state index in [9.17, 15) is 30.6 Å². The minimum atomic E-state index is -1.30. The van der Waals surface area contributed by atoms with Gasteiger partial charge in [0.15, 0.2) is 6.29 Å². The van der Waals surface area contributed by atoms with E-state index in [0.717, 1.165) is 51.4 Å². The Morgan fingerprint density at radius 1 is 0.773 bits per heavy atom. The van der Waals surface area contributed by atoms with E-state index in [1.165, 1.54) is 0 Å². The molecule has 7 rings (SSSR count). The van der Waals surface area contributed by atoms with Crippen LogP contribution in [0.3, 0.4) is 0 Å². The molecule has 6 N–H and O–H groups in total. The minimum absolute atomic E-state index is 0.0225. The number of ether oxygens (including phenoxy) is 3. The van der Waals surface area contributed by atoms with Crippen LogP contribution in [0.25, 0.3) is 0 Å². The second-order valence-electron chi connectivity index (χ2n) is 18.2. The van der Waals surface area contributed by atoms with Gasteiger partial charge < -0.3 is 44.8 Å². The molecule has 16 atom stereocenters. The van der Waals surface area contributed by atoms with Crippen LogP contribution in [0.5, 0.6) is 0 Å². The van der Waals surface area contributed by atoms with Gasteiger partial charge in [-0.25, -0.2) is 0 Å². The molecule has 252 valence electrons. The van der Waals surface area contributed by atoms with Gasteiger partial charge in [-0.05, 0) is 112 Å². The zero-order valence-electron chi connectivity index (χ0n) is 27.8. The maximum Gasteiger partial charge on any atom is 0.186 e. The smallest absolute Gasteiger partial charge is 0.186 e. The monoisotopic (exact) mass is 622 g/mol. The van der Waals surface area contributed by atoms with Crippen LogP contribution in [0.2, 0.25) is 0 Å². The van der Waals surface area contributed by atoms with Crippen LogP contribution in [0, 0.1) is 44.8 Å². The van der Waals surface area contributed by atoms with Crippen molar-refractivity contribution in [3.8, 4) is 0 Å². The predicted molar refractivity (Wildman–Crippen MR) is 161 cm³/mol. The van der Waals surface area contributed by atoms with Gasteiger partial charge in [-0.3, -0.25) is 0 Å². The van der Waals surface area contributed by atoms with Crippen LogP contribution < -0.4 is 0 Å². The molecule has 44 heavy (non-hydrogen) atoms. The summed E-state index contributed by atoms with van der Waals surface area (Å²) < 4.78 is 18.7. The molecule has 2 aliphatic heterocycles. The van der Waals surface area contributed by atoms with Crippen molar-refractivity contribution in [3.05, 3.63) is 0 Å². The summed E-state index contributed by atoms with van der Waals surface area (Å²) in [6.07, 6.45) is 1.57. The average molecular weight is 623 g/mol. The van der Waals surface area contributed by atoms with Crippen LogP contribution in [0.15, 0.2) is 0 Å². The largest absolute Gasteiger partial charge is 0.393 e. The van der Waals surface area contributed by atoms with E-state index in [4.69, 9.17) is 14.2 Å². The first-order chi connectivity index (χ1) is 20.3. The van der Waals surface area contributed by atoms with Crippen LogP contribution in [0.4, 0.5) is 0 Å². The zero-order valence-corrected chi connectivity index (χ0v) is 27.8. The molecule has 2 spiro atoms. The number of aliphatic hydroxyl groups is 6. The molecule has 0 aromatic carbocycles. The predicted octanol–water partition coefficient (Wildman–Crippen LogP) is 2.90. The Morgan fingerprint density at radius 2 is 1.45 bits per heavy atom. The lowest BCUT2D eigenvalue weighted by Crippen LogP contribution is -2.64. The van der Waals surface area contributed by atoms with Crippen molar-refractivity contribution in [2.75, 3.05) is 6.61 Å². The fourth-order valence-corrected chi connectivity index (χ4v) is 13.4. The van der Waals surface area contributed by atoms with Gasteiger partial charge in [0.1, 0.15) is 18.3 Å². The fraction of sp³-hybridized carbons (Fsp3) is 1.00. The lowest BCUT2D eigenvalue weighted by atomic mass is 9.41. The highest BCUT2D eigenvalue weighted by Crippen LogP contribution is 2.89. The first kappa shape index (κ1) is 32.2. The molecule has 5 saturated carbocycles. The van der Waals surface area contributed by atoms with Gasteiger partial charge in [0.2, 0.25) is 0 Å². The normalized spacial score (nSPS) is 59.8. The molecule has 7 aliphatic rings. The maximum atomic E-state index is 12.4. The molecule has 9 heteroatoms. The van der Waals surface area contributed by atoms with Gasteiger partial charge in [0, 0.05) is 11.3 Å². The van der Waals surface area contributed by atoms with E-state index in [0.29, 0.717) is 18.3 Å². The topological polar surface area (TPSA) is 149 Å². The Morgan fingerprint density at radius 3 is 2.11 bits per heavy atom. The summed E-state index contributed by atoms with van der Waals surface area (Å²) in [5, 5.41) is 65.7. The van der Waals surface area contributed by atoms with E-state index < -0.39 is 53.4 Å². The molecule has 7 fully saturated rings. The maximum absolute atomic E-state index is 12.4. The van der Waals surface area contributed by atoms with Crippen LogP contribution in [-0.2, 0) is 14.2 Å². The van der Waals surface area contributed by atoms with Gasteiger partial charge in [0.05, 0.1) is 42.2 Å². The van der Waals surface area contributed by atoms with Gasteiger partial charge in [-0.15, -0.1) is 0 Å². The summed E-state index contributed by atoms with van der Waals surface area (Å²) in [6.45, 7) is 14.7. The molecular weight excluding hydrogens is 564 g/mol. The van der Waals surface area contributed by atoms with Crippen molar-refractivity contribution >= 4 is 0 Å². The molecule has 0 unspecified atom stereocenters. The molecular formula is C35H58O9. The van der Waals surface area contributed by atoms with Crippen molar-refractivity contribution in [2.24, 2.45) is 44.8 Å². The third kappa shape index (κ3) is 3.91. The van der Waals surface area contributed by atoms with Crippen LogP contribution in [-0.4, -0.2) is 97.5 Å². The van der Waals surface area contributed by atoms with Crippen molar-refractivity contribution in [3.63, 3.8) is 0 Å². The van der Waals surface area contributed by atoms with E-state index in [1.807, 2.05) is 0 Å². The molecule has 0 aromatic heterocycles. The summed E-state index contributed by atoms with van der Waals surface area (Å²) in [4.78, 5) is 0. The molecule has 2 heterocycles. The van der Waals surface area contributed by atoms with Gasteiger partial charge in [0.25, 0.3) is 0 Å². The average Bonchev–Trinajstić information content (AvgIpc) is 3.28. The van der Waals surface area contributed by atoms with Crippen LogP contribution in [0.1, 0.15) is 106 Å². The SMILES string of the molecule is CC(C)(O)[C@@H]1CC[C@@](C)([C@H]2[C@H](O)C[C@@]3(C)[C@@H]4CC[C@H]5C(C)(C)[C@H](O[C@@H]6OC[C@H](O)[C@@H](O)[C@@H]6O)CC[C@@]56C[C@@]46C[C@H](O)[C@@]23C)O1. The van der Waals surface area contributed by atoms with Gasteiger partial charge >= 0.3 is 0 Å². The van der Waals surface area contributed by atoms with Crippen LogP contribution >= 0.6 is 0 Å². The highest BCUT2D eigenvalue weighted by atomic mass is 16.7. The van der Waals surface area contributed by atoms with E-state index in [1.54, 1.807) is 13.8 Å². The second kappa shape index (κ2) is 9.63. The molecule has 0 radical (unpaired) electrons. The zero-order chi connectivity index (χ0) is 32.0. The molecule has 5 aliphatic carbocycles. The highest BCUT2D eigenvalue weighted by molar-refractivity contribution is 5.33. The van der Waals surface area contributed by atoms with Crippen molar-refractivity contribution in [2.45, 2.75) is 166 Å². The highest BCUT2D eigenvalue weighted by Gasteiger charge is 2.85. The quantitative estimate of drug-likeness (QED) is 0.260. The van der Waals surface area contributed by atoms with Gasteiger partial charge in [-0.1, -0.05) is 27.7 Å². The van der Waals surface area contributed by atoms with E-state index in [-0.39, 0.29) is 46.4 Å². The van der Waals surface area contributed by atoms with E-state index >= 15 is 0 Å². The number of hydrogen-bond acceptors (Lipinski definition) is 9. The Labute approximate surface area is 262 Å². The molecule has 0 amide bonds. The fourth-order valence-electron chi connectivity index (χ4n) is 13.4. The standard InChI is InChI=1S/C35H58O9/c1-29(2)20-8-9-21-31(5)14-18(36)27(32(6)12-10-24(44-32)30(3,4)41)33(31,7)22(38)15-35(21)17-34(20,35)13-11-23(29)43-28-26(40)25(39)19(37)16-42-28/h18-28,36-41H,8-17H2,1-7H3/t18-,19+,20+,21+,22+,23-,24+,25-,26+,27-,28+,31+,32+,33+,34-,35+/m1/s1. The molecule has 2 saturated heterocycles. The lowest BCUT2D eigenvalue weighted by Gasteiger charge is -2.65.